The summed E-state index contributed by atoms with van der Waals surface area (Å²) in [5, 5.41) is 9.08. The molecule has 2 N–H and O–H groups in total. The lowest BCUT2D eigenvalue weighted by Gasteiger charge is -2.20. The molecule has 6 heteroatoms. The van der Waals surface area contributed by atoms with E-state index in [2.05, 4.69) is 9.97 Å². The van der Waals surface area contributed by atoms with Gasteiger partial charge in [0.15, 0.2) is 0 Å². The maximum atomic E-state index is 11.6. The van der Waals surface area contributed by atoms with E-state index < -0.39 is 23.5 Å². The smallest absolute Gasteiger partial charge is 0.307 e. The first-order valence-electron chi connectivity index (χ1n) is 5.70. The lowest BCUT2D eigenvalue weighted by Crippen LogP contribution is -2.28. The van der Waals surface area contributed by atoms with Crippen molar-refractivity contribution >= 4 is 11.9 Å². The Morgan fingerprint density at radius 1 is 1.50 bits per heavy atom. The van der Waals surface area contributed by atoms with Gasteiger partial charge in [-0.1, -0.05) is 0 Å². The Morgan fingerprint density at radius 2 is 2.17 bits per heavy atom. The number of carboxylic acids is 1. The maximum Gasteiger partial charge on any atom is 0.307 e. The number of carbonyl (C=O) groups excluding carboxylic acids is 1. The number of aromatic amines is 1. The van der Waals surface area contributed by atoms with Crippen molar-refractivity contribution in [1.29, 1.82) is 0 Å². The van der Waals surface area contributed by atoms with Crippen LogP contribution in [0.2, 0.25) is 0 Å². The van der Waals surface area contributed by atoms with Crippen LogP contribution in [-0.4, -0.2) is 32.6 Å². The number of carboxylic acid groups (broad SMARTS) is 1. The molecule has 18 heavy (non-hydrogen) atoms. The van der Waals surface area contributed by atoms with E-state index in [1.54, 1.807) is 27.0 Å². The van der Waals surface area contributed by atoms with Crippen molar-refractivity contribution in [1.82, 2.24) is 9.97 Å². The predicted molar refractivity (Wildman–Crippen MR) is 63.9 cm³/mol. The van der Waals surface area contributed by atoms with Gasteiger partial charge in [0, 0.05) is 18.3 Å². The Hall–Kier alpha value is -1.85. The van der Waals surface area contributed by atoms with E-state index in [1.165, 1.54) is 6.33 Å². The number of imidazole rings is 1. The molecule has 0 bridgehead atoms. The van der Waals surface area contributed by atoms with E-state index in [4.69, 9.17) is 9.84 Å². The van der Waals surface area contributed by atoms with Crippen LogP contribution in [0.25, 0.3) is 0 Å². The SMILES string of the molecule is CC(C)(C)OC(=O)C[C@@H](Cc1cnc[nH]1)C(=O)O. The highest BCUT2D eigenvalue weighted by atomic mass is 16.6. The number of esters is 1. The summed E-state index contributed by atoms with van der Waals surface area (Å²) in [6.45, 7) is 5.24. The number of aliphatic carboxylic acids is 1. The fourth-order valence-electron chi connectivity index (χ4n) is 1.49. The molecule has 1 rings (SSSR count). The van der Waals surface area contributed by atoms with Crippen LogP contribution in [0.1, 0.15) is 32.9 Å². The lowest BCUT2D eigenvalue weighted by molar-refractivity contribution is -0.159. The van der Waals surface area contributed by atoms with Crippen LogP contribution in [0, 0.1) is 5.92 Å². The Bertz CT molecular complexity index is 406. The molecule has 0 saturated heterocycles. The monoisotopic (exact) mass is 254 g/mol. The minimum Gasteiger partial charge on any atom is -0.481 e. The highest BCUT2D eigenvalue weighted by Gasteiger charge is 2.25. The van der Waals surface area contributed by atoms with Crippen LogP contribution in [0.5, 0.6) is 0 Å². The van der Waals surface area contributed by atoms with Crippen molar-refractivity contribution < 1.29 is 19.4 Å². The first-order chi connectivity index (χ1) is 8.28. The summed E-state index contributed by atoms with van der Waals surface area (Å²) in [4.78, 5) is 29.3. The molecule has 0 spiro atoms. The average molecular weight is 254 g/mol. The van der Waals surface area contributed by atoms with E-state index in [0.717, 1.165) is 0 Å². The average Bonchev–Trinajstić information content (AvgIpc) is 2.66. The molecular formula is C12H18N2O4. The van der Waals surface area contributed by atoms with Crippen molar-refractivity contribution in [3.63, 3.8) is 0 Å². The molecule has 1 atom stereocenters. The molecular weight excluding hydrogens is 236 g/mol. The van der Waals surface area contributed by atoms with Crippen LogP contribution in [0.15, 0.2) is 12.5 Å². The summed E-state index contributed by atoms with van der Waals surface area (Å²) in [5.74, 6) is -2.33. The molecule has 1 aromatic rings. The molecule has 100 valence electrons. The van der Waals surface area contributed by atoms with Gasteiger partial charge in [0.1, 0.15) is 5.60 Å². The summed E-state index contributed by atoms with van der Waals surface area (Å²) in [5.41, 5.74) is 0.0830. The maximum absolute atomic E-state index is 11.6. The molecule has 1 heterocycles. The molecule has 0 unspecified atom stereocenters. The van der Waals surface area contributed by atoms with Crippen LogP contribution >= 0.6 is 0 Å². The number of hydrogen-bond donors (Lipinski definition) is 2. The minimum atomic E-state index is -1.02. The van der Waals surface area contributed by atoms with Gasteiger partial charge < -0.3 is 14.8 Å². The Kier molecular flexibility index (Phi) is 4.47. The van der Waals surface area contributed by atoms with Crippen LogP contribution in [0.4, 0.5) is 0 Å². The number of carbonyl (C=O) groups is 2. The van der Waals surface area contributed by atoms with Gasteiger partial charge in [-0.2, -0.15) is 0 Å². The largest absolute Gasteiger partial charge is 0.481 e. The number of hydrogen-bond acceptors (Lipinski definition) is 4. The molecule has 0 aromatic carbocycles. The third-order valence-corrected chi connectivity index (χ3v) is 2.20. The van der Waals surface area contributed by atoms with Crippen molar-refractivity contribution in [2.24, 2.45) is 5.92 Å². The van der Waals surface area contributed by atoms with E-state index in [0.29, 0.717) is 5.69 Å². The second kappa shape index (κ2) is 5.66. The fourth-order valence-corrected chi connectivity index (χ4v) is 1.49. The Morgan fingerprint density at radius 3 is 2.61 bits per heavy atom. The van der Waals surface area contributed by atoms with Crippen molar-refractivity contribution in [2.45, 2.75) is 39.2 Å². The van der Waals surface area contributed by atoms with Crippen molar-refractivity contribution in [2.75, 3.05) is 0 Å². The van der Waals surface area contributed by atoms with E-state index in [9.17, 15) is 9.59 Å². The summed E-state index contributed by atoms with van der Waals surface area (Å²) in [7, 11) is 0. The summed E-state index contributed by atoms with van der Waals surface area (Å²) in [6.07, 6.45) is 3.10. The zero-order valence-corrected chi connectivity index (χ0v) is 10.8. The summed E-state index contributed by atoms with van der Waals surface area (Å²) in [6, 6.07) is 0. The Labute approximate surface area is 105 Å². The number of aromatic nitrogens is 2. The molecule has 0 amide bonds. The summed E-state index contributed by atoms with van der Waals surface area (Å²) < 4.78 is 5.11. The topological polar surface area (TPSA) is 92.3 Å². The van der Waals surface area contributed by atoms with E-state index >= 15 is 0 Å². The molecule has 1 aromatic heterocycles. The Balaban J connectivity index is 2.58. The standard InChI is InChI=1S/C12H18N2O4/c1-12(2,3)18-10(15)5-8(11(16)17)4-9-6-13-7-14-9/h6-8H,4-5H2,1-3H3,(H,13,14)(H,16,17)/t8-/m1/s1. The van der Waals surface area contributed by atoms with Gasteiger partial charge >= 0.3 is 11.9 Å². The van der Waals surface area contributed by atoms with Gasteiger partial charge in [-0.25, -0.2) is 4.98 Å². The van der Waals surface area contributed by atoms with Gasteiger partial charge in [-0.05, 0) is 20.8 Å². The number of H-pyrrole nitrogens is 1. The molecule has 0 saturated carbocycles. The third kappa shape index (κ3) is 4.99. The third-order valence-electron chi connectivity index (χ3n) is 2.20. The van der Waals surface area contributed by atoms with Crippen molar-refractivity contribution in [3.05, 3.63) is 18.2 Å². The van der Waals surface area contributed by atoms with Gasteiger partial charge in [0.2, 0.25) is 0 Å². The molecule has 0 fully saturated rings. The van der Waals surface area contributed by atoms with Gasteiger partial charge in [0.05, 0.1) is 18.7 Å². The molecule has 0 radical (unpaired) electrons. The minimum absolute atomic E-state index is 0.147. The van der Waals surface area contributed by atoms with E-state index in [1.807, 2.05) is 0 Å². The molecule has 0 aliphatic rings. The number of rotatable bonds is 5. The predicted octanol–water partition coefficient (Wildman–Crippen LogP) is 1.38. The van der Waals surface area contributed by atoms with E-state index in [-0.39, 0.29) is 12.8 Å². The highest BCUT2D eigenvalue weighted by molar-refractivity contribution is 5.79. The van der Waals surface area contributed by atoms with Crippen molar-refractivity contribution in [3.8, 4) is 0 Å². The first-order valence-corrected chi connectivity index (χ1v) is 5.70. The fraction of sp³-hybridized carbons (Fsp3) is 0.583. The molecule has 0 aliphatic heterocycles. The number of nitrogens with one attached hydrogen (secondary N) is 1. The number of nitrogens with zero attached hydrogens (tertiary/aromatic N) is 1. The van der Waals surface area contributed by atoms with Gasteiger partial charge in [-0.3, -0.25) is 9.59 Å². The van der Waals surface area contributed by atoms with Crippen LogP contribution < -0.4 is 0 Å². The molecule has 6 nitrogen and oxygen atoms in total. The van der Waals surface area contributed by atoms with Crippen LogP contribution in [0.3, 0.4) is 0 Å². The normalized spacial score (nSPS) is 13.1. The molecule has 0 aliphatic carbocycles. The quantitative estimate of drug-likeness (QED) is 0.774. The zero-order valence-electron chi connectivity index (χ0n) is 10.8. The summed E-state index contributed by atoms with van der Waals surface area (Å²) >= 11 is 0. The highest BCUT2D eigenvalue weighted by Crippen LogP contribution is 2.15. The zero-order chi connectivity index (χ0) is 13.8. The second-order valence-corrected chi connectivity index (χ2v) is 5.11. The lowest BCUT2D eigenvalue weighted by atomic mass is 10.00. The van der Waals surface area contributed by atoms with Gasteiger partial charge in [-0.15, -0.1) is 0 Å². The second-order valence-electron chi connectivity index (χ2n) is 5.11. The van der Waals surface area contributed by atoms with Gasteiger partial charge in [0.25, 0.3) is 0 Å². The number of ether oxygens (including phenoxy) is 1. The van der Waals surface area contributed by atoms with Crippen LogP contribution in [-0.2, 0) is 20.7 Å². The first kappa shape index (κ1) is 14.2.